The maximum Gasteiger partial charge on any atom is 0.406 e. The van der Waals surface area contributed by atoms with E-state index in [9.17, 15) is 18.0 Å². The zero-order valence-electron chi connectivity index (χ0n) is 12.4. The molecule has 0 radical (unpaired) electrons. The molecule has 3 nitrogen and oxygen atoms in total. The van der Waals surface area contributed by atoms with Crippen LogP contribution in [0, 0.1) is 20.8 Å². The second kappa shape index (κ2) is 6.08. The predicted molar refractivity (Wildman–Crippen MR) is 80.5 cm³/mol. The SMILES string of the molecule is Cc1cccc(N(CC(F)(F)F)C(=O)c2scnc2C)c1C. The van der Waals surface area contributed by atoms with Crippen molar-refractivity contribution < 1.29 is 18.0 Å². The van der Waals surface area contributed by atoms with Crippen molar-refractivity contribution in [3.63, 3.8) is 0 Å². The van der Waals surface area contributed by atoms with Crippen molar-refractivity contribution in [2.75, 3.05) is 11.4 Å². The zero-order chi connectivity index (χ0) is 16.5. The number of benzene rings is 1. The van der Waals surface area contributed by atoms with Gasteiger partial charge in [-0.05, 0) is 38.0 Å². The van der Waals surface area contributed by atoms with Gasteiger partial charge in [-0.3, -0.25) is 9.69 Å². The molecule has 0 aliphatic rings. The van der Waals surface area contributed by atoms with Crippen molar-refractivity contribution in [1.82, 2.24) is 4.98 Å². The number of anilines is 1. The van der Waals surface area contributed by atoms with E-state index in [0.29, 0.717) is 11.3 Å². The molecule has 2 aromatic rings. The summed E-state index contributed by atoms with van der Waals surface area (Å²) in [5.41, 5.74) is 3.65. The lowest BCUT2D eigenvalue weighted by atomic mass is 10.1. The second-order valence-corrected chi connectivity index (χ2v) is 5.85. The molecule has 0 aliphatic carbocycles. The molecular weight excluding hydrogens is 313 g/mol. The molecule has 7 heteroatoms. The Balaban J connectivity index is 2.50. The number of hydrogen-bond donors (Lipinski definition) is 0. The van der Waals surface area contributed by atoms with Crippen LogP contribution in [0.15, 0.2) is 23.7 Å². The van der Waals surface area contributed by atoms with Gasteiger partial charge < -0.3 is 0 Å². The van der Waals surface area contributed by atoms with Crippen molar-refractivity contribution >= 4 is 22.9 Å². The number of halogens is 3. The van der Waals surface area contributed by atoms with Crippen molar-refractivity contribution in [3.8, 4) is 0 Å². The Bertz CT molecular complexity index is 694. The van der Waals surface area contributed by atoms with Gasteiger partial charge in [-0.2, -0.15) is 13.2 Å². The third-order valence-corrected chi connectivity index (χ3v) is 4.31. The summed E-state index contributed by atoms with van der Waals surface area (Å²) in [7, 11) is 0. The first-order chi connectivity index (χ1) is 10.2. The first-order valence-electron chi connectivity index (χ1n) is 6.55. The highest BCUT2D eigenvalue weighted by molar-refractivity contribution is 7.12. The van der Waals surface area contributed by atoms with Crippen LogP contribution in [-0.2, 0) is 0 Å². The van der Waals surface area contributed by atoms with Crippen molar-refractivity contribution in [1.29, 1.82) is 0 Å². The lowest BCUT2D eigenvalue weighted by Gasteiger charge is -2.26. The lowest BCUT2D eigenvalue weighted by Crippen LogP contribution is -2.39. The number of aromatic nitrogens is 1. The van der Waals surface area contributed by atoms with E-state index in [1.165, 1.54) is 11.6 Å². The highest BCUT2D eigenvalue weighted by atomic mass is 32.1. The van der Waals surface area contributed by atoms with E-state index in [-0.39, 0.29) is 10.6 Å². The van der Waals surface area contributed by atoms with Gasteiger partial charge in [0.25, 0.3) is 5.91 Å². The minimum absolute atomic E-state index is 0.227. The Labute approximate surface area is 130 Å². The summed E-state index contributed by atoms with van der Waals surface area (Å²) in [5, 5.41) is 0. The van der Waals surface area contributed by atoms with Crippen LogP contribution in [0.5, 0.6) is 0 Å². The van der Waals surface area contributed by atoms with Crippen LogP contribution in [-0.4, -0.2) is 23.6 Å². The summed E-state index contributed by atoms with van der Waals surface area (Å²) < 4.78 is 38.8. The first kappa shape index (κ1) is 16.5. The molecule has 0 saturated carbocycles. The number of rotatable bonds is 3. The van der Waals surface area contributed by atoms with Crippen LogP contribution in [0.3, 0.4) is 0 Å². The summed E-state index contributed by atoms with van der Waals surface area (Å²) in [4.78, 5) is 17.5. The average Bonchev–Trinajstić information content (AvgIpc) is 2.84. The van der Waals surface area contributed by atoms with Crippen molar-refractivity contribution in [2.24, 2.45) is 0 Å². The fraction of sp³-hybridized carbons (Fsp3) is 0.333. The highest BCUT2D eigenvalue weighted by Gasteiger charge is 2.35. The molecule has 0 bridgehead atoms. The largest absolute Gasteiger partial charge is 0.406 e. The Morgan fingerprint density at radius 2 is 1.95 bits per heavy atom. The molecule has 118 valence electrons. The van der Waals surface area contributed by atoms with E-state index in [2.05, 4.69) is 4.98 Å². The van der Waals surface area contributed by atoms with Crippen LogP contribution in [0.1, 0.15) is 26.5 Å². The smallest absolute Gasteiger partial charge is 0.298 e. The number of alkyl halides is 3. The number of aryl methyl sites for hydroxylation is 2. The van der Waals surface area contributed by atoms with Gasteiger partial charge >= 0.3 is 6.18 Å². The lowest BCUT2D eigenvalue weighted by molar-refractivity contribution is -0.118. The topological polar surface area (TPSA) is 33.2 Å². The summed E-state index contributed by atoms with van der Waals surface area (Å²) in [5.74, 6) is -0.675. The molecule has 0 N–H and O–H groups in total. The van der Waals surface area contributed by atoms with Crippen LogP contribution < -0.4 is 4.90 Å². The molecule has 22 heavy (non-hydrogen) atoms. The van der Waals surface area contributed by atoms with Crippen LogP contribution in [0.2, 0.25) is 0 Å². The quantitative estimate of drug-likeness (QED) is 0.843. The molecule has 1 aromatic carbocycles. The Morgan fingerprint density at radius 1 is 1.27 bits per heavy atom. The minimum Gasteiger partial charge on any atom is -0.298 e. The van der Waals surface area contributed by atoms with Gasteiger partial charge in [-0.1, -0.05) is 12.1 Å². The monoisotopic (exact) mass is 328 g/mol. The van der Waals surface area contributed by atoms with Crippen LogP contribution >= 0.6 is 11.3 Å². The summed E-state index contributed by atoms with van der Waals surface area (Å²) >= 11 is 1.05. The molecule has 0 saturated heterocycles. The summed E-state index contributed by atoms with van der Waals surface area (Å²) in [6.45, 7) is 3.79. The van der Waals surface area contributed by atoms with Gasteiger partial charge in [-0.15, -0.1) is 11.3 Å². The van der Waals surface area contributed by atoms with E-state index in [1.54, 1.807) is 32.9 Å². The van der Waals surface area contributed by atoms with Gasteiger partial charge in [0.2, 0.25) is 0 Å². The third-order valence-electron chi connectivity index (χ3n) is 3.39. The number of thiazole rings is 1. The van der Waals surface area contributed by atoms with Gasteiger partial charge in [0.05, 0.1) is 11.2 Å². The Kier molecular flexibility index (Phi) is 4.55. The molecule has 0 unspecified atom stereocenters. The van der Waals surface area contributed by atoms with Crippen molar-refractivity contribution in [3.05, 3.63) is 45.4 Å². The summed E-state index contributed by atoms with van der Waals surface area (Å²) in [6.07, 6.45) is -4.48. The molecule has 0 aliphatic heterocycles. The van der Waals surface area contributed by atoms with Gasteiger partial charge in [0, 0.05) is 5.69 Å². The fourth-order valence-corrected chi connectivity index (χ4v) is 2.85. The van der Waals surface area contributed by atoms with Gasteiger partial charge in [0.1, 0.15) is 11.4 Å². The molecule has 2 rings (SSSR count). The van der Waals surface area contributed by atoms with E-state index >= 15 is 0 Å². The molecular formula is C15H15F3N2OS. The first-order valence-corrected chi connectivity index (χ1v) is 7.43. The second-order valence-electron chi connectivity index (χ2n) is 4.99. The Morgan fingerprint density at radius 3 is 2.50 bits per heavy atom. The number of carbonyl (C=O) groups is 1. The number of hydrogen-bond acceptors (Lipinski definition) is 3. The van der Waals surface area contributed by atoms with E-state index in [4.69, 9.17) is 0 Å². The molecule has 0 atom stereocenters. The molecule has 1 heterocycles. The molecule has 1 amide bonds. The van der Waals surface area contributed by atoms with E-state index in [1.807, 2.05) is 0 Å². The van der Waals surface area contributed by atoms with E-state index in [0.717, 1.165) is 21.8 Å². The molecule has 0 fully saturated rings. The van der Waals surface area contributed by atoms with Crippen molar-refractivity contribution in [2.45, 2.75) is 26.9 Å². The molecule has 1 aromatic heterocycles. The molecule has 0 spiro atoms. The number of amides is 1. The maximum atomic E-state index is 12.9. The average molecular weight is 328 g/mol. The normalized spacial score (nSPS) is 11.5. The number of nitrogens with zero attached hydrogens (tertiary/aromatic N) is 2. The van der Waals surface area contributed by atoms with Gasteiger partial charge in [0.15, 0.2) is 0 Å². The zero-order valence-corrected chi connectivity index (χ0v) is 13.2. The van der Waals surface area contributed by atoms with Crippen LogP contribution in [0.25, 0.3) is 0 Å². The minimum atomic E-state index is -4.48. The predicted octanol–water partition coefficient (Wildman–Crippen LogP) is 4.28. The highest BCUT2D eigenvalue weighted by Crippen LogP contribution is 2.29. The van der Waals surface area contributed by atoms with Crippen LogP contribution in [0.4, 0.5) is 18.9 Å². The maximum absolute atomic E-state index is 12.9. The van der Waals surface area contributed by atoms with E-state index < -0.39 is 18.6 Å². The fourth-order valence-electron chi connectivity index (χ4n) is 2.10. The summed E-state index contributed by atoms with van der Waals surface area (Å²) in [6, 6.07) is 4.98. The standard InChI is InChI=1S/C15H15F3N2OS/c1-9-5-4-6-12(10(9)2)20(7-15(16,17)18)14(21)13-11(3)19-8-22-13/h4-6,8H,7H2,1-3H3. The Hall–Kier alpha value is -1.89. The number of carbonyl (C=O) groups excluding carboxylic acids is 1. The third kappa shape index (κ3) is 3.47. The van der Waals surface area contributed by atoms with Gasteiger partial charge in [-0.25, -0.2) is 4.98 Å².